The maximum atomic E-state index is 12.7. The van der Waals surface area contributed by atoms with E-state index in [9.17, 15) is 9.59 Å². The Morgan fingerprint density at radius 1 is 0.857 bits per heavy atom. The van der Waals surface area contributed by atoms with Crippen LogP contribution in [0.4, 0.5) is 4.79 Å². The summed E-state index contributed by atoms with van der Waals surface area (Å²) in [5.41, 5.74) is 1.47. The molecule has 1 saturated heterocycles. The number of nitrogens with zero attached hydrogens (tertiary/aromatic N) is 2. The Balaban J connectivity index is 1.53. The highest BCUT2D eigenvalue weighted by Crippen LogP contribution is 2.28. The first-order valence-electron chi connectivity index (χ1n) is 9.09. The van der Waals surface area contributed by atoms with Crippen molar-refractivity contribution in [1.82, 2.24) is 9.80 Å². The first-order valence-corrected chi connectivity index (χ1v) is 9.09. The van der Waals surface area contributed by atoms with Crippen LogP contribution in [0, 0.1) is 0 Å². The summed E-state index contributed by atoms with van der Waals surface area (Å²) in [7, 11) is 3.08. The molecular formula is C21H24N2O5. The number of benzene rings is 2. The van der Waals surface area contributed by atoms with Crippen molar-refractivity contribution >= 4 is 12.0 Å². The average Bonchev–Trinajstić information content (AvgIpc) is 2.77. The molecule has 28 heavy (non-hydrogen) atoms. The lowest BCUT2D eigenvalue weighted by Crippen LogP contribution is -2.50. The van der Waals surface area contributed by atoms with E-state index in [0.717, 1.165) is 5.56 Å². The standard InChI is InChI=1S/C21H24N2O5/c1-26-18-9-8-17(14-19(18)27-2)20(24)22-10-12-23(13-11-22)21(25)28-15-16-6-4-3-5-7-16/h3-9,14H,10-13,15H2,1-2H3. The lowest BCUT2D eigenvalue weighted by atomic mass is 10.1. The molecule has 1 heterocycles. The van der Waals surface area contributed by atoms with Gasteiger partial charge in [0.25, 0.3) is 5.91 Å². The molecule has 0 spiro atoms. The minimum Gasteiger partial charge on any atom is -0.493 e. The minimum absolute atomic E-state index is 0.0988. The molecule has 0 aromatic heterocycles. The molecule has 2 amide bonds. The topological polar surface area (TPSA) is 68.3 Å². The molecule has 1 fully saturated rings. The van der Waals surface area contributed by atoms with Gasteiger partial charge in [-0.3, -0.25) is 4.79 Å². The fourth-order valence-electron chi connectivity index (χ4n) is 3.05. The summed E-state index contributed by atoms with van der Waals surface area (Å²) in [4.78, 5) is 28.3. The quantitative estimate of drug-likeness (QED) is 0.793. The zero-order valence-corrected chi connectivity index (χ0v) is 16.1. The molecule has 2 aromatic carbocycles. The van der Waals surface area contributed by atoms with Gasteiger partial charge in [0.05, 0.1) is 14.2 Å². The molecule has 0 aliphatic carbocycles. The number of amides is 2. The fourth-order valence-corrected chi connectivity index (χ4v) is 3.05. The molecule has 0 unspecified atom stereocenters. The van der Waals surface area contributed by atoms with E-state index in [4.69, 9.17) is 14.2 Å². The molecule has 0 atom stereocenters. The molecule has 0 N–H and O–H groups in total. The molecule has 0 bridgehead atoms. The van der Waals surface area contributed by atoms with Crippen molar-refractivity contribution in [3.8, 4) is 11.5 Å². The van der Waals surface area contributed by atoms with E-state index in [1.165, 1.54) is 7.11 Å². The first kappa shape index (κ1) is 19.5. The predicted molar refractivity (Wildman–Crippen MR) is 104 cm³/mol. The van der Waals surface area contributed by atoms with Gasteiger partial charge >= 0.3 is 6.09 Å². The van der Waals surface area contributed by atoms with E-state index in [2.05, 4.69) is 0 Å². The zero-order chi connectivity index (χ0) is 19.9. The Morgan fingerprint density at radius 2 is 1.50 bits per heavy atom. The van der Waals surface area contributed by atoms with Gasteiger partial charge in [0, 0.05) is 31.7 Å². The van der Waals surface area contributed by atoms with Gasteiger partial charge in [-0.1, -0.05) is 30.3 Å². The van der Waals surface area contributed by atoms with E-state index >= 15 is 0 Å². The summed E-state index contributed by atoms with van der Waals surface area (Å²) in [6.45, 7) is 2.02. The molecule has 3 rings (SSSR count). The van der Waals surface area contributed by atoms with E-state index < -0.39 is 0 Å². The second-order valence-electron chi connectivity index (χ2n) is 6.39. The number of hydrogen-bond donors (Lipinski definition) is 0. The second-order valence-corrected chi connectivity index (χ2v) is 6.39. The highest BCUT2D eigenvalue weighted by atomic mass is 16.6. The number of ether oxygens (including phenoxy) is 3. The second kappa shape index (κ2) is 9.12. The summed E-state index contributed by atoms with van der Waals surface area (Å²) < 4.78 is 15.8. The number of carbonyl (C=O) groups excluding carboxylic acids is 2. The normalized spacial score (nSPS) is 13.8. The molecule has 0 radical (unpaired) electrons. The Morgan fingerprint density at radius 3 is 2.14 bits per heavy atom. The van der Waals surface area contributed by atoms with Crippen LogP contribution in [0.25, 0.3) is 0 Å². The summed E-state index contributed by atoms with van der Waals surface area (Å²) in [6.07, 6.45) is -0.359. The molecule has 0 saturated carbocycles. The lowest BCUT2D eigenvalue weighted by molar-refractivity contribution is 0.0543. The van der Waals surface area contributed by atoms with Gasteiger partial charge in [-0.15, -0.1) is 0 Å². The first-order chi connectivity index (χ1) is 13.6. The Kier molecular flexibility index (Phi) is 6.37. The van der Waals surface area contributed by atoms with Gasteiger partial charge in [0.1, 0.15) is 6.61 Å². The fraction of sp³-hybridized carbons (Fsp3) is 0.333. The third-order valence-electron chi connectivity index (χ3n) is 4.66. The van der Waals surface area contributed by atoms with Crippen molar-refractivity contribution in [2.24, 2.45) is 0 Å². The third kappa shape index (κ3) is 4.54. The van der Waals surface area contributed by atoms with Crippen LogP contribution < -0.4 is 9.47 Å². The van der Waals surface area contributed by atoms with Crippen LogP contribution in [0.2, 0.25) is 0 Å². The van der Waals surface area contributed by atoms with E-state index in [0.29, 0.717) is 43.2 Å². The number of hydrogen-bond acceptors (Lipinski definition) is 5. The van der Waals surface area contributed by atoms with Crippen LogP contribution >= 0.6 is 0 Å². The monoisotopic (exact) mass is 384 g/mol. The predicted octanol–water partition coefficient (Wildman–Crippen LogP) is 2.80. The number of methoxy groups -OCH3 is 2. The summed E-state index contributed by atoms with van der Waals surface area (Å²) >= 11 is 0. The minimum atomic E-state index is -0.359. The Hall–Kier alpha value is -3.22. The van der Waals surface area contributed by atoms with E-state index in [-0.39, 0.29) is 18.6 Å². The van der Waals surface area contributed by atoms with Crippen LogP contribution in [-0.2, 0) is 11.3 Å². The average molecular weight is 384 g/mol. The molecule has 2 aromatic rings. The molecular weight excluding hydrogens is 360 g/mol. The van der Waals surface area contributed by atoms with E-state index in [1.54, 1.807) is 35.1 Å². The smallest absolute Gasteiger partial charge is 0.410 e. The summed E-state index contributed by atoms with van der Waals surface area (Å²) in [5, 5.41) is 0. The largest absolute Gasteiger partial charge is 0.493 e. The van der Waals surface area contributed by atoms with E-state index in [1.807, 2.05) is 30.3 Å². The van der Waals surface area contributed by atoms with Gasteiger partial charge < -0.3 is 24.0 Å². The number of carbonyl (C=O) groups is 2. The summed E-state index contributed by atoms with van der Waals surface area (Å²) in [5.74, 6) is 0.986. The van der Waals surface area contributed by atoms with Crippen molar-refractivity contribution in [2.75, 3.05) is 40.4 Å². The Labute approximate surface area is 164 Å². The molecule has 1 aliphatic heterocycles. The van der Waals surface area contributed by atoms with Crippen molar-refractivity contribution < 1.29 is 23.8 Å². The highest BCUT2D eigenvalue weighted by Gasteiger charge is 2.26. The van der Waals surface area contributed by atoms with Crippen molar-refractivity contribution in [3.63, 3.8) is 0 Å². The highest BCUT2D eigenvalue weighted by molar-refractivity contribution is 5.95. The van der Waals surface area contributed by atoms with Gasteiger partial charge in [-0.25, -0.2) is 4.79 Å². The summed E-state index contributed by atoms with van der Waals surface area (Å²) in [6, 6.07) is 14.6. The lowest BCUT2D eigenvalue weighted by Gasteiger charge is -2.34. The molecule has 7 heteroatoms. The SMILES string of the molecule is COc1ccc(C(=O)N2CCN(C(=O)OCc3ccccc3)CC2)cc1OC. The van der Waals surface area contributed by atoms with Gasteiger partial charge in [-0.2, -0.15) is 0 Å². The molecule has 1 aliphatic rings. The number of rotatable bonds is 5. The van der Waals surface area contributed by atoms with Gasteiger partial charge in [0.15, 0.2) is 11.5 Å². The Bertz CT molecular complexity index is 817. The van der Waals surface area contributed by atoms with Crippen LogP contribution in [0.1, 0.15) is 15.9 Å². The number of piperazine rings is 1. The molecule has 148 valence electrons. The maximum Gasteiger partial charge on any atom is 0.410 e. The van der Waals surface area contributed by atoms with Gasteiger partial charge in [0.2, 0.25) is 0 Å². The van der Waals surface area contributed by atoms with Crippen LogP contribution in [0.3, 0.4) is 0 Å². The van der Waals surface area contributed by atoms with Crippen LogP contribution in [-0.4, -0.2) is 62.2 Å². The maximum absolute atomic E-state index is 12.7. The molecule has 7 nitrogen and oxygen atoms in total. The van der Waals surface area contributed by atoms with Crippen molar-refractivity contribution in [3.05, 3.63) is 59.7 Å². The third-order valence-corrected chi connectivity index (χ3v) is 4.66. The van der Waals surface area contributed by atoms with Crippen LogP contribution in [0.15, 0.2) is 48.5 Å². The van der Waals surface area contributed by atoms with Crippen LogP contribution in [0.5, 0.6) is 11.5 Å². The van der Waals surface area contributed by atoms with Crippen molar-refractivity contribution in [2.45, 2.75) is 6.61 Å². The zero-order valence-electron chi connectivity index (χ0n) is 16.1. The van der Waals surface area contributed by atoms with Gasteiger partial charge in [-0.05, 0) is 23.8 Å². The van der Waals surface area contributed by atoms with Crippen molar-refractivity contribution in [1.29, 1.82) is 0 Å².